The van der Waals surface area contributed by atoms with Gasteiger partial charge in [0.05, 0.1) is 16.0 Å². The molecule has 5 nitrogen and oxygen atoms in total. The molecule has 20 heavy (non-hydrogen) atoms. The van der Waals surface area contributed by atoms with Gasteiger partial charge in [-0.05, 0) is 18.8 Å². The predicted octanol–water partition coefficient (Wildman–Crippen LogP) is 2.59. The van der Waals surface area contributed by atoms with Crippen molar-refractivity contribution in [3.63, 3.8) is 0 Å². The molecule has 3 atom stereocenters. The predicted molar refractivity (Wildman–Crippen MR) is 72.5 cm³/mol. The highest BCUT2D eigenvalue weighted by atomic mass is 35.5. The highest BCUT2D eigenvalue weighted by Crippen LogP contribution is 2.43. The summed E-state index contributed by atoms with van der Waals surface area (Å²) in [6.07, 6.45) is 1.33. The fourth-order valence-corrected chi connectivity index (χ4v) is 3.52. The lowest BCUT2D eigenvalue weighted by Gasteiger charge is -2.20. The first kappa shape index (κ1) is 13.6. The second-order valence-corrected chi connectivity index (χ2v) is 5.89. The Morgan fingerprint density at radius 1 is 1.40 bits per heavy atom. The molecule has 0 radical (unpaired) electrons. The molecule has 1 aromatic carbocycles. The molecule has 0 amide bonds. The van der Waals surface area contributed by atoms with Gasteiger partial charge in [0, 0.05) is 31.1 Å². The Kier molecular flexibility index (Phi) is 3.30. The van der Waals surface area contributed by atoms with Gasteiger partial charge in [0.1, 0.15) is 11.5 Å². The average Bonchev–Trinajstić information content (AvgIpc) is 2.95. The van der Waals surface area contributed by atoms with Crippen molar-refractivity contribution < 1.29 is 14.4 Å². The summed E-state index contributed by atoms with van der Waals surface area (Å²) in [5.74, 6) is -0.221. The molecule has 1 aliphatic carbocycles. The van der Waals surface area contributed by atoms with Crippen molar-refractivity contribution in [2.75, 3.05) is 18.0 Å². The molecule has 1 heterocycles. The number of halogens is 2. The third-order valence-corrected chi connectivity index (χ3v) is 4.66. The van der Waals surface area contributed by atoms with Crippen molar-refractivity contribution in [1.29, 1.82) is 0 Å². The maximum atomic E-state index is 13.6. The minimum Gasteiger partial charge on any atom is -0.393 e. The molecular formula is C13H14ClFN2O3. The van der Waals surface area contributed by atoms with Gasteiger partial charge in [0.15, 0.2) is 0 Å². The number of nitrogens with zero attached hydrogens (tertiary/aromatic N) is 2. The molecule has 1 aliphatic heterocycles. The van der Waals surface area contributed by atoms with Gasteiger partial charge in [0.2, 0.25) is 0 Å². The van der Waals surface area contributed by atoms with Crippen LogP contribution in [0.3, 0.4) is 0 Å². The molecule has 0 aromatic heterocycles. The molecule has 1 aromatic rings. The van der Waals surface area contributed by atoms with Gasteiger partial charge in [-0.25, -0.2) is 4.39 Å². The first-order valence-corrected chi connectivity index (χ1v) is 6.91. The number of aliphatic hydroxyl groups excluding tert-OH is 1. The van der Waals surface area contributed by atoms with Crippen molar-refractivity contribution in [3.05, 3.63) is 33.1 Å². The van der Waals surface area contributed by atoms with Crippen LogP contribution in [0.1, 0.15) is 12.8 Å². The molecule has 1 saturated carbocycles. The molecule has 1 saturated heterocycles. The Morgan fingerprint density at radius 3 is 2.80 bits per heavy atom. The van der Waals surface area contributed by atoms with Gasteiger partial charge in [-0.1, -0.05) is 11.6 Å². The van der Waals surface area contributed by atoms with Crippen LogP contribution < -0.4 is 4.90 Å². The fourth-order valence-electron chi connectivity index (χ4n) is 3.36. The molecule has 2 aliphatic rings. The SMILES string of the molecule is O=[N+]([O-])c1cc(Cl)c(F)cc1N1CC2CCC(O)C2C1. The summed E-state index contributed by atoms with van der Waals surface area (Å²) < 4.78 is 13.6. The second-order valence-electron chi connectivity index (χ2n) is 5.49. The average molecular weight is 301 g/mol. The number of hydrogen-bond acceptors (Lipinski definition) is 4. The third-order valence-electron chi connectivity index (χ3n) is 4.37. The molecule has 0 bridgehead atoms. The normalized spacial score (nSPS) is 28.8. The van der Waals surface area contributed by atoms with Crippen LogP contribution in [-0.2, 0) is 0 Å². The van der Waals surface area contributed by atoms with Gasteiger partial charge < -0.3 is 10.0 Å². The molecular weight excluding hydrogens is 287 g/mol. The zero-order valence-corrected chi connectivity index (χ0v) is 11.4. The van der Waals surface area contributed by atoms with E-state index in [1.165, 1.54) is 0 Å². The van der Waals surface area contributed by atoms with Crippen LogP contribution in [0.15, 0.2) is 12.1 Å². The maximum absolute atomic E-state index is 13.6. The van der Waals surface area contributed by atoms with Gasteiger partial charge in [-0.2, -0.15) is 0 Å². The number of benzene rings is 1. The monoisotopic (exact) mass is 300 g/mol. The standard InChI is InChI=1S/C13H14ClFN2O3/c14-9-3-12(17(19)20)11(4-10(9)15)16-5-7-1-2-13(18)8(7)6-16/h3-4,7-8,13,18H,1-2,5-6H2. The van der Waals surface area contributed by atoms with Crippen molar-refractivity contribution in [1.82, 2.24) is 0 Å². The summed E-state index contributed by atoms with van der Waals surface area (Å²) in [5, 5.41) is 20.7. The van der Waals surface area contributed by atoms with Crippen LogP contribution in [0.5, 0.6) is 0 Å². The minimum atomic E-state index is -0.662. The topological polar surface area (TPSA) is 66.6 Å². The second kappa shape index (κ2) is 4.86. The van der Waals surface area contributed by atoms with Gasteiger partial charge >= 0.3 is 0 Å². The number of nitro groups is 1. The van der Waals surface area contributed by atoms with Gasteiger partial charge in [0.25, 0.3) is 5.69 Å². The summed E-state index contributed by atoms with van der Waals surface area (Å²) in [6.45, 7) is 1.14. The number of anilines is 1. The number of fused-ring (bicyclic) bond motifs is 1. The largest absolute Gasteiger partial charge is 0.393 e. The number of nitro benzene ring substituents is 1. The minimum absolute atomic E-state index is 0.119. The van der Waals surface area contributed by atoms with Crippen molar-refractivity contribution >= 4 is 23.0 Å². The molecule has 1 N–H and O–H groups in total. The highest BCUT2D eigenvalue weighted by molar-refractivity contribution is 6.31. The quantitative estimate of drug-likeness (QED) is 0.673. The van der Waals surface area contributed by atoms with Crippen LogP contribution in [0.2, 0.25) is 5.02 Å². The van der Waals surface area contributed by atoms with E-state index in [0.29, 0.717) is 19.0 Å². The summed E-state index contributed by atoms with van der Waals surface area (Å²) in [5.41, 5.74) is 0.0596. The maximum Gasteiger partial charge on any atom is 0.294 e. The molecule has 108 valence electrons. The first-order valence-electron chi connectivity index (χ1n) is 6.54. The van der Waals surface area contributed by atoms with Crippen LogP contribution in [0.4, 0.5) is 15.8 Å². The first-order chi connectivity index (χ1) is 9.47. The van der Waals surface area contributed by atoms with Crippen LogP contribution in [0, 0.1) is 27.8 Å². The Bertz CT molecular complexity index is 569. The van der Waals surface area contributed by atoms with E-state index in [0.717, 1.165) is 25.0 Å². The van der Waals surface area contributed by atoms with Crippen molar-refractivity contribution in [3.8, 4) is 0 Å². The molecule has 2 fully saturated rings. The number of aliphatic hydroxyl groups is 1. The highest BCUT2D eigenvalue weighted by Gasteiger charge is 2.43. The fraction of sp³-hybridized carbons (Fsp3) is 0.538. The van der Waals surface area contributed by atoms with Crippen molar-refractivity contribution in [2.24, 2.45) is 11.8 Å². The Labute approximate surface area is 120 Å². The Hall–Kier alpha value is -1.40. The van der Waals surface area contributed by atoms with Crippen LogP contribution in [-0.4, -0.2) is 29.2 Å². The Morgan fingerprint density at radius 2 is 2.15 bits per heavy atom. The van der Waals surface area contributed by atoms with Crippen molar-refractivity contribution in [2.45, 2.75) is 18.9 Å². The third kappa shape index (κ3) is 2.13. The lowest BCUT2D eigenvalue weighted by molar-refractivity contribution is -0.384. The van der Waals surface area contributed by atoms with E-state index in [4.69, 9.17) is 11.6 Å². The van der Waals surface area contributed by atoms with E-state index in [2.05, 4.69) is 0 Å². The lowest BCUT2D eigenvalue weighted by atomic mass is 10.00. The summed E-state index contributed by atoms with van der Waals surface area (Å²) in [4.78, 5) is 12.3. The molecule has 3 rings (SSSR count). The van der Waals surface area contributed by atoms with E-state index in [-0.39, 0.29) is 28.4 Å². The van der Waals surface area contributed by atoms with E-state index in [1.54, 1.807) is 4.90 Å². The van der Waals surface area contributed by atoms with Crippen LogP contribution >= 0.6 is 11.6 Å². The number of hydrogen-bond donors (Lipinski definition) is 1. The Balaban J connectivity index is 1.95. The molecule has 7 heteroatoms. The zero-order chi connectivity index (χ0) is 14.4. The zero-order valence-electron chi connectivity index (χ0n) is 10.6. The smallest absolute Gasteiger partial charge is 0.294 e. The lowest BCUT2D eigenvalue weighted by Crippen LogP contribution is -2.25. The van der Waals surface area contributed by atoms with E-state index in [9.17, 15) is 19.6 Å². The van der Waals surface area contributed by atoms with Gasteiger partial charge in [-0.3, -0.25) is 10.1 Å². The van der Waals surface area contributed by atoms with E-state index >= 15 is 0 Å². The molecule has 3 unspecified atom stereocenters. The van der Waals surface area contributed by atoms with Crippen LogP contribution in [0.25, 0.3) is 0 Å². The van der Waals surface area contributed by atoms with E-state index in [1.807, 2.05) is 0 Å². The van der Waals surface area contributed by atoms with Gasteiger partial charge in [-0.15, -0.1) is 0 Å². The summed E-state index contributed by atoms with van der Waals surface area (Å²) in [6, 6.07) is 2.17. The van der Waals surface area contributed by atoms with E-state index < -0.39 is 10.7 Å². The summed E-state index contributed by atoms with van der Waals surface area (Å²) in [7, 11) is 0. The summed E-state index contributed by atoms with van der Waals surface area (Å²) >= 11 is 5.62. The number of rotatable bonds is 2. The molecule has 0 spiro atoms.